The number of nitrogens with one attached hydrogen (secondary N) is 3. The highest BCUT2D eigenvalue weighted by atomic mass is 127. The number of nitrogens with zero attached hydrogens (tertiary/aromatic N) is 1. The molecule has 0 unspecified atom stereocenters. The summed E-state index contributed by atoms with van der Waals surface area (Å²) in [6, 6.07) is 17.7. The molecule has 2 rings (SSSR count). The molecule has 0 bridgehead atoms. The van der Waals surface area contributed by atoms with Crippen LogP contribution in [-0.2, 0) is 17.9 Å². The van der Waals surface area contributed by atoms with Crippen molar-refractivity contribution in [2.45, 2.75) is 26.9 Å². The third-order valence-corrected chi connectivity index (χ3v) is 3.77. The molecule has 0 radical (unpaired) electrons. The Morgan fingerprint density at radius 2 is 1.68 bits per heavy atom. The van der Waals surface area contributed by atoms with Gasteiger partial charge in [-0.1, -0.05) is 48.5 Å². The molecule has 0 spiro atoms. The number of benzene rings is 2. The Kier molecular flexibility index (Phi) is 11.7. The van der Waals surface area contributed by atoms with Crippen LogP contribution in [0.15, 0.2) is 59.6 Å². The van der Waals surface area contributed by atoms with Crippen molar-refractivity contribution in [3.05, 3.63) is 65.7 Å². The Balaban J connectivity index is 0.00000392. The van der Waals surface area contributed by atoms with Crippen molar-refractivity contribution in [1.82, 2.24) is 16.0 Å². The lowest BCUT2D eigenvalue weighted by molar-refractivity contribution is -0.120. The van der Waals surface area contributed by atoms with Gasteiger partial charge in [0.15, 0.2) is 5.96 Å². The lowest BCUT2D eigenvalue weighted by Gasteiger charge is -2.13. The first-order valence-electron chi connectivity index (χ1n) is 9.26. The van der Waals surface area contributed by atoms with Gasteiger partial charge in [-0.05, 0) is 25.5 Å². The second-order valence-electron chi connectivity index (χ2n) is 5.85. The first-order valence-corrected chi connectivity index (χ1v) is 9.26. The molecule has 0 saturated carbocycles. The van der Waals surface area contributed by atoms with E-state index in [2.05, 4.69) is 20.9 Å². The minimum absolute atomic E-state index is 0. The fourth-order valence-corrected chi connectivity index (χ4v) is 2.46. The van der Waals surface area contributed by atoms with Gasteiger partial charge in [0.25, 0.3) is 0 Å². The molecule has 0 heterocycles. The molecule has 7 heteroatoms. The molecule has 0 atom stereocenters. The van der Waals surface area contributed by atoms with E-state index in [0.29, 0.717) is 32.2 Å². The molecule has 0 aliphatic heterocycles. The van der Waals surface area contributed by atoms with Crippen LogP contribution < -0.4 is 20.7 Å². The summed E-state index contributed by atoms with van der Waals surface area (Å²) < 4.78 is 5.63. The molecule has 6 nitrogen and oxygen atoms in total. The molecule has 0 fully saturated rings. The fraction of sp³-hybridized carbons (Fsp3) is 0.333. The third kappa shape index (κ3) is 8.60. The van der Waals surface area contributed by atoms with Gasteiger partial charge in [0.2, 0.25) is 5.91 Å². The van der Waals surface area contributed by atoms with Crippen LogP contribution in [0, 0.1) is 0 Å². The smallest absolute Gasteiger partial charge is 0.239 e. The SMILES string of the molecule is CCNC(=NCc1ccccc1OCC)NCC(=O)NCc1ccccc1.I. The van der Waals surface area contributed by atoms with Crippen molar-refractivity contribution < 1.29 is 9.53 Å². The van der Waals surface area contributed by atoms with Crippen LogP contribution >= 0.6 is 24.0 Å². The predicted octanol–water partition coefficient (Wildman–Crippen LogP) is 3.07. The molecule has 3 N–H and O–H groups in total. The zero-order chi connectivity index (χ0) is 19.3. The van der Waals surface area contributed by atoms with Crippen molar-refractivity contribution in [1.29, 1.82) is 0 Å². The number of guanidine groups is 1. The average Bonchev–Trinajstić information content (AvgIpc) is 2.70. The highest BCUT2D eigenvalue weighted by Crippen LogP contribution is 2.18. The maximum Gasteiger partial charge on any atom is 0.239 e. The number of aliphatic imine (C=N–C) groups is 1. The Morgan fingerprint density at radius 1 is 0.964 bits per heavy atom. The number of rotatable bonds is 9. The van der Waals surface area contributed by atoms with E-state index in [9.17, 15) is 4.79 Å². The zero-order valence-corrected chi connectivity index (χ0v) is 18.7. The van der Waals surface area contributed by atoms with E-state index in [1.807, 2.05) is 68.4 Å². The number of amides is 1. The maximum absolute atomic E-state index is 12.1. The maximum atomic E-state index is 12.1. The number of halogens is 1. The largest absolute Gasteiger partial charge is 0.494 e. The summed E-state index contributed by atoms with van der Waals surface area (Å²) in [4.78, 5) is 16.6. The number of hydrogen-bond donors (Lipinski definition) is 3. The standard InChI is InChI=1S/C21H28N4O2.HI/c1-3-22-21(24-15-18-12-8-9-13-19(18)27-4-2)25-16-20(26)23-14-17-10-6-5-7-11-17;/h5-13H,3-4,14-16H2,1-2H3,(H,23,26)(H2,22,24,25);1H. The van der Waals surface area contributed by atoms with Crippen LogP contribution in [-0.4, -0.2) is 31.6 Å². The van der Waals surface area contributed by atoms with E-state index in [0.717, 1.165) is 16.9 Å². The topological polar surface area (TPSA) is 74.8 Å². The first-order chi connectivity index (χ1) is 13.2. The van der Waals surface area contributed by atoms with E-state index in [1.165, 1.54) is 0 Å². The average molecular weight is 496 g/mol. The van der Waals surface area contributed by atoms with Gasteiger partial charge in [-0.2, -0.15) is 0 Å². The minimum Gasteiger partial charge on any atom is -0.494 e. The van der Waals surface area contributed by atoms with Gasteiger partial charge in [0, 0.05) is 18.7 Å². The second-order valence-corrected chi connectivity index (χ2v) is 5.85. The van der Waals surface area contributed by atoms with Crippen LogP contribution in [0.25, 0.3) is 0 Å². The lowest BCUT2D eigenvalue weighted by Crippen LogP contribution is -2.43. The second kappa shape index (κ2) is 13.8. The van der Waals surface area contributed by atoms with Gasteiger partial charge in [0.05, 0.1) is 19.7 Å². The number of ether oxygens (including phenoxy) is 1. The molecule has 1 amide bonds. The predicted molar refractivity (Wildman–Crippen MR) is 124 cm³/mol. The summed E-state index contributed by atoms with van der Waals surface area (Å²) in [7, 11) is 0. The van der Waals surface area contributed by atoms with Gasteiger partial charge in [0.1, 0.15) is 5.75 Å². The number of para-hydroxylation sites is 1. The molecule has 152 valence electrons. The highest BCUT2D eigenvalue weighted by molar-refractivity contribution is 14.0. The van der Waals surface area contributed by atoms with Crippen molar-refractivity contribution in [3.8, 4) is 5.75 Å². The number of carbonyl (C=O) groups excluding carboxylic acids is 1. The molecule has 0 aliphatic carbocycles. The molecule has 2 aromatic carbocycles. The van der Waals surface area contributed by atoms with Crippen molar-refractivity contribution in [2.24, 2.45) is 4.99 Å². The summed E-state index contributed by atoms with van der Waals surface area (Å²) in [5, 5.41) is 9.11. The summed E-state index contributed by atoms with van der Waals surface area (Å²) in [6.45, 7) is 6.41. The molecule has 2 aromatic rings. The zero-order valence-electron chi connectivity index (χ0n) is 16.4. The summed E-state index contributed by atoms with van der Waals surface area (Å²) >= 11 is 0. The lowest BCUT2D eigenvalue weighted by atomic mass is 10.2. The van der Waals surface area contributed by atoms with Gasteiger partial charge < -0.3 is 20.7 Å². The fourth-order valence-electron chi connectivity index (χ4n) is 2.46. The Bertz CT molecular complexity index is 738. The van der Waals surface area contributed by atoms with Crippen molar-refractivity contribution in [2.75, 3.05) is 19.7 Å². The van der Waals surface area contributed by atoms with Crippen molar-refractivity contribution >= 4 is 35.8 Å². The Hall–Kier alpha value is -2.29. The van der Waals surface area contributed by atoms with Gasteiger partial charge in [-0.25, -0.2) is 4.99 Å². The third-order valence-electron chi connectivity index (χ3n) is 3.77. The Labute approximate surface area is 184 Å². The minimum atomic E-state index is -0.0841. The van der Waals surface area contributed by atoms with Crippen LogP contribution in [0.3, 0.4) is 0 Å². The normalized spacial score (nSPS) is 10.6. The van der Waals surface area contributed by atoms with E-state index in [1.54, 1.807) is 0 Å². The van der Waals surface area contributed by atoms with E-state index in [-0.39, 0.29) is 36.4 Å². The summed E-state index contributed by atoms with van der Waals surface area (Å²) in [6.07, 6.45) is 0. The monoisotopic (exact) mass is 496 g/mol. The van der Waals surface area contributed by atoms with E-state index >= 15 is 0 Å². The van der Waals surface area contributed by atoms with Crippen LogP contribution in [0.4, 0.5) is 0 Å². The number of carbonyl (C=O) groups is 1. The quantitative estimate of drug-likeness (QED) is 0.284. The van der Waals surface area contributed by atoms with Gasteiger partial charge in [-0.3, -0.25) is 4.79 Å². The Morgan fingerprint density at radius 3 is 2.39 bits per heavy atom. The molecule has 0 saturated heterocycles. The van der Waals surface area contributed by atoms with E-state index < -0.39 is 0 Å². The summed E-state index contributed by atoms with van der Waals surface area (Å²) in [5.74, 6) is 1.35. The van der Waals surface area contributed by atoms with Crippen LogP contribution in [0.5, 0.6) is 5.75 Å². The van der Waals surface area contributed by atoms with Gasteiger partial charge >= 0.3 is 0 Å². The molecule has 0 aliphatic rings. The van der Waals surface area contributed by atoms with Crippen molar-refractivity contribution in [3.63, 3.8) is 0 Å². The van der Waals surface area contributed by atoms with E-state index in [4.69, 9.17) is 4.74 Å². The van der Waals surface area contributed by atoms with Crippen LogP contribution in [0.1, 0.15) is 25.0 Å². The number of hydrogen-bond acceptors (Lipinski definition) is 3. The first kappa shape index (κ1) is 23.7. The molecule has 0 aromatic heterocycles. The molecular weight excluding hydrogens is 467 g/mol. The highest BCUT2D eigenvalue weighted by Gasteiger charge is 2.05. The van der Waals surface area contributed by atoms with Crippen LogP contribution in [0.2, 0.25) is 0 Å². The molecule has 28 heavy (non-hydrogen) atoms. The van der Waals surface area contributed by atoms with Gasteiger partial charge in [-0.15, -0.1) is 24.0 Å². The molecular formula is C21H29IN4O2. The summed E-state index contributed by atoms with van der Waals surface area (Å²) in [5.41, 5.74) is 2.07.